The number of nitro benzene ring substituents is 1. The number of benzene rings is 1. The molecule has 1 N–H and O–H groups in total. The van der Waals surface area contributed by atoms with Crippen LogP contribution in [0.3, 0.4) is 0 Å². The van der Waals surface area contributed by atoms with Crippen molar-refractivity contribution in [2.75, 3.05) is 13.2 Å². The second-order valence-electron chi connectivity index (χ2n) is 6.83. The lowest BCUT2D eigenvalue weighted by molar-refractivity contribution is -0.384. The fraction of sp³-hybridized carbons (Fsp3) is 0.526. The number of non-ortho nitro benzene ring substituents is 1. The summed E-state index contributed by atoms with van der Waals surface area (Å²) in [7, 11) is 0. The Balaban J connectivity index is 2.61. The van der Waals surface area contributed by atoms with Gasteiger partial charge >= 0.3 is 11.9 Å². The topological polar surface area (TPSA) is 133 Å². The van der Waals surface area contributed by atoms with Gasteiger partial charge in [0.1, 0.15) is 5.92 Å². The minimum atomic E-state index is -1.75. The van der Waals surface area contributed by atoms with Gasteiger partial charge in [0.15, 0.2) is 5.78 Å². The molecule has 0 aromatic heterocycles. The van der Waals surface area contributed by atoms with Crippen LogP contribution in [0.1, 0.15) is 38.7 Å². The maximum atomic E-state index is 12.7. The van der Waals surface area contributed by atoms with Crippen LogP contribution in [-0.4, -0.2) is 46.6 Å². The number of aliphatic hydroxyl groups is 1. The summed E-state index contributed by atoms with van der Waals surface area (Å²) < 4.78 is 10.1. The average molecular weight is 393 g/mol. The molecule has 0 radical (unpaired) electrons. The first-order chi connectivity index (χ1) is 13.1. The van der Waals surface area contributed by atoms with Gasteiger partial charge in [0, 0.05) is 24.5 Å². The van der Waals surface area contributed by atoms with Crippen molar-refractivity contribution in [3.05, 3.63) is 39.9 Å². The van der Waals surface area contributed by atoms with E-state index < -0.39 is 52.4 Å². The van der Waals surface area contributed by atoms with Gasteiger partial charge in [0.2, 0.25) is 0 Å². The van der Waals surface area contributed by atoms with Crippen molar-refractivity contribution in [2.45, 2.75) is 38.7 Å². The summed E-state index contributed by atoms with van der Waals surface area (Å²) in [5.74, 6) is -5.74. The molecule has 9 nitrogen and oxygen atoms in total. The third-order valence-electron chi connectivity index (χ3n) is 4.84. The predicted octanol–water partition coefficient (Wildman–Crippen LogP) is 1.76. The standard InChI is InChI=1S/C19H23NO8/c1-4-27-17(22)15-13(21)10-19(3,24)16(18(23)28-5-2)14(15)11-6-8-12(9-7-11)20(25)26/h6-9,14-16,24H,4-5,10H2,1-3H3/t14-,15-,16+,19+/m1/s1. The SMILES string of the molecule is CCOC(=O)[C@@H]1C(=O)C[C@](C)(O)[C@H](C(=O)OCC)[C@@H]1c1ccc([N+](=O)[O-])cc1. The van der Waals surface area contributed by atoms with Gasteiger partial charge in [-0.3, -0.25) is 24.5 Å². The van der Waals surface area contributed by atoms with Gasteiger partial charge in [-0.05, 0) is 26.3 Å². The monoisotopic (exact) mass is 393 g/mol. The van der Waals surface area contributed by atoms with E-state index >= 15 is 0 Å². The number of nitro groups is 1. The molecule has 0 heterocycles. The molecule has 0 aliphatic heterocycles. The van der Waals surface area contributed by atoms with Crippen molar-refractivity contribution in [1.29, 1.82) is 0 Å². The Morgan fingerprint density at radius 2 is 1.71 bits per heavy atom. The third kappa shape index (κ3) is 4.19. The van der Waals surface area contributed by atoms with Crippen LogP contribution in [0, 0.1) is 22.0 Å². The van der Waals surface area contributed by atoms with Crippen LogP contribution in [-0.2, 0) is 23.9 Å². The van der Waals surface area contributed by atoms with Gasteiger partial charge in [-0.15, -0.1) is 0 Å². The van der Waals surface area contributed by atoms with E-state index in [2.05, 4.69) is 0 Å². The Morgan fingerprint density at radius 1 is 1.18 bits per heavy atom. The van der Waals surface area contributed by atoms with Crippen molar-refractivity contribution in [1.82, 2.24) is 0 Å². The van der Waals surface area contributed by atoms with E-state index in [-0.39, 0.29) is 18.9 Å². The Kier molecular flexibility index (Phi) is 6.50. The zero-order chi connectivity index (χ0) is 21.1. The number of rotatable bonds is 6. The molecule has 1 aromatic carbocycles. The number of carbonyl (C=O) groups is 3. The van der Waals surface area contributed by atoms with Crippen LogP contribution in [0.2, 0.25) is 0 Å². The maximum Gasteiger partial charge on any atom is 0.317 e. The number of ether oxygens (including phenoxy) is 2. The Morgan fingerprint density at radius 3 is 2.21 bits per heavy atom. The summed E-state index contributed by atoms with van der Waals surface area (Å²) in [6, 6.07) is 5.17. The Labute approximate surface area is 161 Å². The van der Waals surface area contributed by atoms with Crippen LogP contribution in [0.5, 0.6) is 0 Å². The molecule has 2 rings (SSSR count). The van der Waals surface area contributed by atoms with Crippen molar-refractivity contribution >= 4 is 23.4 Å². The van der Waals surface area contributed by atoms with Gasteiger partial charge in [0.25, 0.3) is 5.69 Å². The highest BCUT2D eigenvalue weighted by atomic mass is 16.6. The van der Waals surface area contributed by atoms with Gasteiger partial charge in [-0.2, -0.15) is 0 Å². The molecule has 0 unspecified atom stereocenters. The Bertz CT molecular complexity index is 771. The van der Waals surface area contributed by atoms with Crippen molar-refractivity contribution in [2.24, 2.45) is 11.8 Å². The lowest BCUT2D eigenvalue weighted by Gasteiger charge is -2.43. The summed E-state index contributed by atoms with van der Waals surface area (Å²) in [5, 5.41) is 21.7. The molecular formula is C19H23NO8. The molecule has 4 atom stereocenters. The van der Waals surface area contributed by atoms with E-state index in [0.29, 0.717) is 5.56 Å². The number of carbonyl (C=O) groups excluding carboxylic acids is 3. The number of Topliss-reactive ketones (excluding diaryl/α,β-unsaturated/α-hetero) is 1. The Hall–Kier alpha value is -2.81. The lowest BCUT2D eigenvalue weighted by Crippen LogP contribution is -2.55. The van der Waals surface area contributed by atoms with Crippen molar-refractivity contribution in [3.63, 3.8) is 0 Å². The molecule has 0 saturated heterocycles. The highest BCUT2D eigenvalue weighted by molar-refractivity contribution is 6.02. The van der Waals surface area contributed by atoms with Crippen molar-refractivity contribution < 1.29 is 33.9 Å². The lowest BCUT2D eigenvalue weighted by atomic mass is 9.61. The van der Waals surface area contributed by atoms with E-state index in [0.717, 1.165) is 0 Å². The third-order valence-corrected chi connectivity index (χ3v) is 4.84. The minimum Gasteiger partial charge on any atom is -0.466 e. The number of nitrogens with zero attached hydrogens (tertiary/aromatic N) is 1. The first kappa shape index (κ1) is 21.5. The molecule has 28 heavy (non-hydrogen) atoms. The molecule has 0 bridgehead atoms. The summed E-state index contributed by atoms with van der Waals surface area (Å²) >= 11 is 0. The summed E-state index contributed by atoms with van der Waals surface area (Å²) in [6.45, 7) is 4.62. The smallest absolute Gasteiger partial charge is 0.317 e. The largest absolute Gasteiger partial charge is 0.466 e. The fourth-order valence-electron chi connectivity index (χ4n) is 3.70. The van der Waals surface area contributed by atoms with Crippen LogP contribution in [0.25, 0.3) is 0 Å². The predicted molar refractivity (Wildman–Crippen MR) is 96.3 cm³/mol. The number of hydrogen-bond donors (Lipinski definition) is 1. The zero-order valence-electron chi connectivity index (χ0n) is 15.9. The second kappa shape index (κ2) is 8.47. The first-order valence-electron chi connectivity index (χ1n) is 8.96. The molecule has 0 amide bonds. The first-order valence-corrected chi connectivity index (χ1v) is 8.96. The molecule has 9 heteroatoms. The molecule has 1 fully saturated rings. The van der Waals surface area contributed by atoms with Gasteiger partial charge < -0.3 is 14.6 Å². The van der Waals surface area contributed by atoms with Gasteiger partial charge in [-0.1, -0.05) is 12.1 Å². The molecule has 1 aliphatic rings. The maximum absolute atomic E-state index is 12.7. The van der Waals surface area contributed by atoms with Gasteiger partial charge in [-0.25, -0.2) is 0 Å². The zero-order valence-corrected chi connectivity index (χ0v) is 15.9. The van der Waals surface area contributed by atoms with E-state index in [1.807, 2.05) is 0 Å². The molecule has 1 saturated carbocycles. The van der Waals surface area contributed by atoms with E-state index in [9.17, 15) is 29.6 Å². The van der Waals surface area contributed by atoms with E-state index in [1.165, 1.54) is 31.2 Å². The number of hydrogen-bond acceptors (Lipinski definition) is 8. The van der Waals surface area contributed by atoms with Crippen LogP contribution in [0.15, 0.2) is 24.3 Å². The molecular weight excluding hydrogens is 370 g/mol. The second-order valence-corrected chi connectivity index (χ2v) is 6.83. The quantitative estimate of drug-likeness (QED) is 0.334. The van der Waals surface area contributed by atoms with Gasteiger partial charge in [0.05, 0.1) is 29.7 Å². The van der Waals surface area contributed by atoms with Crippen LogP contribution in [0.4, 0.5) is 5.69 Å². The summed E-state index contributed by atoms with van der Waals surface area (Å²) in [5.41, 5.74) is -1.60. The number of esters is 2. The minimum absolute atomic E-state index is 0.0378. The highest BCUT2D eigenvalue weighted by Gasteiger charge is 2.57. The normalized spacial score (nSPS) is 27.1. The van der Waals surface area contributed by atoms with Crippen molar-refractivity contribution in [3.8, 4) is 0 Å². The number of ketones is 1. The van der Waals surface area contributed by atoms with Crippen LogP contribution < -0.4 is 0 Å². The van der Waals surface area contributed by atoms with E-state index in [1.54, 1.807) is 13.8 Å². The van der Waals surface area contributed by atoms with Crippen LogP contribution >= 0.6 is 0 Å². The molecule has 1 aliphatic carbocycles. The van der Waals surface area contributed by atoms with E-state index in [4.69, 9.17) is 9.47 Å². The highest BCUT2D eigenvalue weighted by Crippen LogP contribution is 2.46. The summed E-state index contributed by atoms with van der Waals surface area (Å²) in [6.07, 6.45) is -0.413. The summed E-state index contributed by atoms with van der Waals surface area (Å²) in [4.78, 5) is 48.2. The molecule has 1 aromatic rings. The average Bonchev–Trinajstić information content (AvgIpc) is 2.60. The fourth-order valence-corrected chi connectivity index (χ4v) is 3.70. The molecule has 0 spiro atoms. The molecule has 152 valence electrons.